The van der Waals surface area contributed by atoms with Crippen molar-refractivity contribution < 1.29 is 14.7 Å². The zero-order valence-corrected chi connectivity index (χ0v) is 16.7. The lowest BCUT2D eigenvalue weighted by Crippen LogP contribution is -2.32. The van der Waals surface area contributed by atoms with Crippen molar-refractivity contribution in [3.63, 3.8) is 0 Å². The molecule has 5 atom stereocenters. The molecule has 2 saturated carbocycles. The Bertz CT molecular complexity index is 896. The predicted octanol–water partition coefficient (Wildman–Crippen LogP) is 3.24. The summed E-state index contributed by atoms with van der Waals surface area (Å²) >= 11 is 5.98. The molecule has 2 aromatic rings. The van der Waals surface area contributed by atoms with Gasteiger partial charge in [-0.3, -0.25) is 14.3 Å². The van der Waals surface area contributed by atoms with Crippen LogP contribution in [-0.4, -0.2) is 38.7 Å². The van der Waals surface area contributed by atoms with E-state index in [1.54, 1.807) is 29.8 Å². The van der Waals surface area contributed by atoms with E-state index in [4.69, 9.17) is 11.6 Å². The molecule has 148 valence electrons. The van der Waals surface area contributed by atoms with Crippen LogP contribution in [-0.2, 0) is 0 Å². The molecule has 6 nitrogen and oxygen atoms in total. The van der Waals surface area contributed by atoms with Crippen molar-refractivity contribution in [3.8, 4) is 0 Å². The summed E-state index contributed by atoms with van der Waals surface area (Å²) in [4.78, 5) is 25.2. The maximum absolute atomic E-state index is 13.0. The molecule has 1 heterocycles. The smallest absolute Gasteiger partial charge is 0.269 e. The first kappa shape index (κ1) is 19.2. The van der Waals surface area contributed by atoms with Gasteiger partial charge in [-0.05, 0) is 49.3 Å². The second-order valence-corrected chi connectivity index (χ2v) is 8.25. The van der Waals surface area contributed by atoms with Crippen LogP contribution in [0.2, 0.25) is 5.02 Å². The van der Waals surface area contributed by atoms with Crippen LogP contribution in [0.5, 0.6) is 0 Å². The summed E-state index contributed by atoms with van der Waals surface area (Å²) < 4.78 is 1.62. The second kappa shape index (κ2) is 7.33. The summed E-state index contributed by atoms with van der Waals surface area (Å²) in [5.74, 6) is 0.404. The fourth-order valence-corrected chi connectivity index (χ4v) is 4.44. The molecule has 1 aromatic carbocycles. The molecular formula is C21H24ClN3O3. The minimum Gasteiger partial charge on any atom is -0.393 e. The number of nitrogens with zero attached hydrogens (tertiary/aromatic N) is 2. The molecule has 2 fully saturated rings. The highest BCUT2D eigenvalue weighted by molar-refractivity contribution is 6.30. The van der Waals surface area contributed by atoms with Gasteiger partial charge in [0.1, 0.15) is 11.4 Å². The van der Waals surface area contributed by atoms with Crippen molar-refractivity contribution >= 4 is 23.3 Å². The number of halogens is 1. The Balaban J connectivity index is 1.60. The highest BCUT2D eigenvalue weighted by Crippen LogP contribution is 2.52. The van der Waals surface area contributed by atoms with Crippen LogP contribution in [0, 0.1) is 11.8 Å². The monoisotopic (exact) mass is 401 g/mol. The highest BCUT2D eigenvalue weighted by atomic mass is 35.5. The van der Waals surface area contributed by atoms with Crippen LogP contribution in [0.15, 0.2) is 30.3 Å². The summed E-state index contributed by atoms with van der Waals surface area (Å²) in [5.41, 5.74) is 1.63. The molecule has 1 aromatic heterocycles. The lowest BCUT2D eigenvalue weighted by molar-refractivity contribution is 0.0924. The van der Waals surface area contributed by atoms with Gasteiger partial charge in [0, 0.05) is 23.6 Å². The second-order valence-electron chi connectivity index (χ2n) is 7.82. The summed E-state index contributed by atoms with van der Waals surface area (Å²) in [6.45, 7) is 3.72. The van der Waals surface area contributed by atoms with Crippen molar-refractivity contribution in [2.75, 3.05) is 0 Å². The van der Waals surface area contributed by atoms with Crippen LogP contribution in [0.25, 0.3) is 0 Å². The first-order valence-corrected chi connectivity index (χ1v) is 10.1. The maximum atomic E-state index is 13.0. The standard InChI is InChI=1S/C21H24ClN3O3/c1-3-19(27)17-10-18(21(28)23-20-15-8-14(26)9-16(15)20)25(24-17)11(2)12-4-6-13(22)7-5-12/h4-7,10-11,14-16,20,26H,3,8-9H2,1-2H3,(H,23,28)/t11-,14?,15-,16+,20?/m0/s1. The Hall–Kier alpha value is -2.18. The van der Waals surface area contributed by atoms with Crippen molar-refractivity contribution in [1.29, 1.82) is 0 Å². The van der Waals surface area contributed by atoms with Crippen LogP contribution < -0.4 is 5.32 Å². The topological polar surface area (TPSA) is 84.2 Å². The molecule has 0 aliphatic heterocycles. The Morgan fingerprint density at radius 1 is 1.29 bits per heavy atom. The molecule has 0 spiro atoms. The number of nitrogens with one attached hydrogen (secondary N) is 1. The lowest BCUT2D eigenvalue weighted by Gasteiger charge is -2.17. The summed E-state index contributed by atoms with van der Waals surface area (Å²) in [5, 5.41) is 17.8. The first-order valence-electron chi connectivity index (χ1n) is 9.76. The first-order chi connectivity index (χ1) is 13.4. The molecule has 28 heavy (non-hydrogen) atoms. The summed E-state index contributed by atoms with van der Waals surface area (Å²) in [6, 6.07) is 8.85. The lowest BCUT2D eigenvalue weighted by atomic mass is 10.1. The largest absolute Gasteiger partial charge is 0.393 e. The molecule has 4 rings (SSSR count). The zero-order valence-electron chi connectivity index (χ0n) is 15.9. The molecule has 2 N–H and O–H groups in total. The van der Waals surface area contributed by atoms with E-state index in [2.05, 4.69) is 10.4 Å². The minimum absolute atomic E-state index is 0.0949. The van der Waals surface area contributed by atoms with E-state index in [9.17, 15) is 14.7 Å². The number of aromatic nitrogens is 2. The van der Waals surface area contributed by atoms with Crippen LogP contribution in [0.1, 0.15) is 65.7 Å². The number of benzene rings is 1. The van der Waals surface area contributed by atoms with Crippen molar-refractivity contribution in [3.05, 3.63) is 52.3 Å². The van der Waals surface area contributed by atoms with Gasteiger partial charge in [-0.2, -0.15) is 5.10 Å². The number of Topliss-reactive ketones (excluding diaryl/α,β-unsaturated/α-hetero) is 1. The number of carbonyl (C=O) groups excluding carboxylic acids is 2. The fourth-order valence-electron chi connectivity index (χ4n) is 4.31. The number of carbonyl (C=O) groups is 2. The average molecular weight is 402 g/mol. The fraction of sp³-hybridized carbons (Fsp3) is 0.476. The molecule has 0 bridgehead atoms. The van der Waals surface area contributed by atoms with Crippen molar-refractivity contribution in [2.45, 2.75) is 51.3 Å². The van der Waals surface area contributed by atoms with Gasteiger partial charge >= 0.3 is 0 Å². The molecule has 2 aliphatic carbocycles. The molecular weight excluding hydrogens is 378 g/mol. The van der Waals surface area contributed by atoms with Crippen molar-refractivity contribution in [1.82, 2.24) is 15.1 Å². The number of aliphatic hydroxyl groups is 1. The van der Waals surface area contributed by atoms with E-state index in [1.807, 2.05) is 19.1 Å². The molecule has 7 heteroatoms. The normalized spacial score (nSPS) is 26.6. The number of hydrogen-bond donors (Lipinski definition) is 2. The Kier molecular flexibility index (Phi) is 5.02. The third-order valence-electron chi connectivity index (χ3n) is 6.01. The molecule has 2 aliphatic rings. The number of hydrogen-bond acceptors (Lipinski definition) is 4. The molecule has 1 amide bonds. The van der Waals surface area contributed by atoms with E-state index in [0.717, 1.165) is 18.4 Å². The number of amides is 1. The predicted molar refractivity (Wildman–Crippen MR) is 106 cm³/mol. The van der Waals surface area contributed by atoms with Gasteiger partial charge < -0.3 is 10.4 Å². The van der Waals surface area contributed by atoms with Crippen LogP contribution in [0.4, 0.5) is 0 Å². The average Bonchev–Trinajstić information content (AvgIpc) is 3.06. The maximum Gasteiger partial charge on any atom is 0.269 e. The van der Waals surface area contributed by atoms with Gasteiger partial charge in [0.25, 0.3) is 5.91 Å². The van der Waals surface area contributed by atoms with Gasteiger partial charge in [-0.1, -0.05) is 30.7 Å². The van der Waals surface area contributed by atoms with Gasteiger partial charge in [0.15, 0.2) is 5.78 Å². The third-order valence-corrected chi connectivity index (χ3v) is 6.26. The van der Waals surface area contributed by atoms with Crippen LogP contribution >= 0.6 is 11.6 Å². The SMILES string of the molecule is CCC(=O)c1cc(C(=O)NC2[C@H]3CC(O)C[C@@H]23)n([C@@H](C)c2ccc(Cl)cc2)n1. The molecule has 0 radical (unpaired) electrons. The molecule has 0 saturated heterocycles. The summed E-state index contributed by atoms with van der Waals surface area (Å²) in [6.07, 6.45) is 1.58. The van der Waals surface area contributed by atoms with E-state index < -0.39 is 0 Å². The summed E-state index contributed by atoms with van der Waals surface area (Å²) in [7, 11) is 0. The van der Waals surface area contributed by atoms with E-state index in [-0.39, 0.29) is 29.9 Å². The van der Waals surface area contributed by atoms with Gasteiger partial charge in [-0.15, -0.1) is 0 Å². The van der Waals surface area contributed by atoms with E-state index in [0.29, 0.717) is 34.7 Å². The van der Waals surface area contributed by atoms with Gasteiger partial charge in [0.2, 0.25) is 0 Å². The number of rotatable bonds is 6. The Labute approximate surface area is 168 Å². The minimum atomic E-state index is -0.243. The quantitative estimate of drug-likeness (QED) is 0.728. The Morgan fingerprint density at radius 2 is 1.93 bits per heavy atom. The van der Waals surface area contributed by atoms with Crippen molar-refractivity contribution in [2.24, 2.45) is 11.8 Å². The molecule has 2 unspecified atom stereocenters. The van der Waals surface area contributed by atoms with Crippen LogP contribution in [0.3, 0.4) is 0 Å². The Morgan fingerprint density at radius 3 is 2.54 bits per heavy atom. The number of fused-ring (bicyclic) bond motifs is 1. The number of aliphatic hydroxyl groups excluding tert-OH is 1. The third kappa shape index (κ3) is 3.47. The van der Waals surface area contributed by atoms with Gasteiger partial charge in [-0.25, -0.2) is 0 Å². The van der Waals surface area contributed by atoms with E-state index >= 15 is 0 Å². The van der Waals surface area contributed by atoms with Gasteiger partial charge in [0.05, 0.1) is 12.1 Å². The zero-order chi connectivity index (χ0) is 20.0. The van der Waals surface area contributed by atoms with E-state index in [1.165, 1.54) is 0 Å². The number of ketones is 1. The highest BCUT2D eigenvalue weighted by Gasteiger charge is 2.56.